The van der Waals surface area contributed by atoms with Gasteiger partial charge in [-0.15, -0.1) is 0 Å². The van der Waals surface area contributed by atoms with Gasteiger partial charge in [0.1, 0.15) is 17.1 Å². The first-order valence-corrected chi connectivity index (χ1v) is 6.32. The molecule has 2 atom stereocenters. The number of hydrogen-bond donors (Lipinski definition) is 1. The van der Waals surface area contributed by atoms with E-state index in [-0.39, 0.29) is 11.9 Å². The number of ketones is 1. The van der Waals surface area contributed by atoms with E-state index in [1.54, 1.807) is 6.07 Å². The highest BCUT2D eigenvalue weighted by molar-refractivity contribution is 7.82. The number of para-hydroxylation sites is 1. The molecule has 0 saturated heterocycles. The second kappa shape index (κ2) is 4.50. The Balaban J connectivity index is 2.04. The van der Waals surface area contributed by atoms with Crippen molar-refractivity contribution in [3.8, 4) is 5.75 Å². The number of thiol groups is 1. The minimum Gasteiger partial charge on any atom is -0.483 e. The summed E-state index contributed by atoms with van der Waals surface area (Å²) >= 11 is 4.41. The number of carbonyl (C=O) groups excluding carboxylic acids is 1. The van der Waals surface area contributed by atoms with Gasteiger partial charge < -0.3 is 4.74 Å². The van der Waals surface area contributed by atoms with Crippen molar-refractivity contribution >= 4 is 18.4 Å². The predicted octanol–water partition coefficient (Wildman–Crippen LogP) is 3.30. The average molecular weight is 256 g/mol. The van der Waals surface area contributed by atoms with Gasteiger partial charge in [-0.05, 0) is 17.7 Å². The fraction of sp³-hybridized carbons (Fsp3) is 0.133. The van der Waals surface area contributed by atoms with Gasteiger partial charge in [-0.2, -0.15) is 12.6 Å². The fourth-order valence-electron chi connectivity index (χ4n) is 2.16. The maximum absolute atomic E-state index is 12.2. The average Bonchev–Trinajstić information content (AvgIpc) is 2.44. The van der Waals surface area contributed by atoms with Crippen LogP contribution in [0.3, 0.4) is 0 Å². The van der Waals surface area contributed by atoms with Crippen LogP contribution in [-0.2, 0) is 0 Å². The topological polar surface area (TPSA) is 26.3 Å². The molecule has 1 heterocycles. The molecule has 0 amide bonds. The third-order valence-electron chi connectivity index (χ3n) is 3.09. The van der Waals surface area contributed by atoms with Gasteiger partial charge in [0.2, 0.25) is 0 Å². The zero-order valence-corrected chi connectivity index (χ0v) is 10.5. The van der Waals surface area contributed by atoms with E-state index in [0.29, 0.717) is 11.3 Å². The lowest BCUT2D eigenvalue weighted by atomic mass is 9.96. The Morgan fingerprint density at radius 1 is 0.944 bits per heavy atom. The van der Waals surface area contributed by atoms with Crippen LogP contribution in [0.25, 0.3) is 0 Å². The van der Waals surface area contributed by atoms with Crippen LogP contribution in [0.2, 0.25) is 0 Å². The molecule has 1 aliphatic heterocycles. The predicted molar refractivity (Wildman–Crippen MR) is 73.4 cm³/mol. The standard InChI is InChI=1S/C15H12O2S/c16-13-11-8-4-5-9-12(11)17-14(15(13)18)10-6-2-1-3-7-10/h1-9,14-15,18H. The van der Waals surface area contributed by atoms with Crippen LogP contribution in [0.1, 0.15) is 22.0 Å². The molecule has 3 rings (SSSR count). The highest BCUT2D eigenvalue weighted by Crippen LogP contribution is 2.37. The first kappa shape index (κ1) is 11.4. The van der Waals surface area contributed by atoms with E-state index in [0.717, 1.165) is 5.56 Å². The quantitative estimate of drug-likeness (QED) is 0.792. The Labute approximate surface area is 111 Å². The number of fused-ring (bicyclic) bond motifs is 1. The van der Waals surface area contributed by atoms with Gasteiger partial charge in [-0.1, -0.05) is 42.5 Å². The highest BCUT2D eigenvalue weighted by atomic mass is 32.1. The smallest absolute Gasteiger partial charge is 0.183 e. The lowest BCUT2D eigenvalue weighted by molar-refractivity contribution is 0.0869. The summed E-state index contributed by atoms with van der Waals surface area (Å²) in [5.41, 5.74) is 1.59. The van der Waals surface area contributed by atoms with E-state index in [9.17, 15) is 4.79 Å². The maximum Gasteiger partial charge on any atom is 0.183 e. The molecule has 0 aromatic heterocycles. The molecular weight excluding hydrogens is 244 g/mol. The number of benzene rings is 2. The molecule has 0 N–H and O–H groups in total. The second-order valence-electron chi connectivity index (χ2n) is 4.25. The van der Waals surface area contributed by atoms with E-state index >= 15 is 0 Å². The van der Waals surface area contributed by atoms with Crippen molar-refractivity contribution in [1.29, 1.82) is 0 Å². The summed E-state index contributed by atoms with van der Waals surface area (Å²) in [5.74, 6) is 0.663. The van der Waals surface area contributed by atoms with Crippen LogP contribution < -0.4 is 4.74 Å². The lowest BCUT2D eigenvalue weighted by Crippen LogP contribution is -2.32. The van der Waals surface area contributed by atoms with E-state index < -0.39 is 5.25 Å². The van der Waals surface area contributed by atoms with Crippen LogP contribution >= 0.6 is 12.6 Å². The molecule has 0 saturated carbocycles. The summed E-state index contributed by atoms with van der Waals surface area (Å²) in [4.78, 5) is 12.2. The van der Waals surface area contributed by atoms with Crippen molar-refractivity contribution in [3.05, 3.63) is 65.7 Å². The molecule has 2 nitrogen and oxygen atoms in total. The summed E-state index contributed by atoms with van der Waals surface area (Å²) in [6, 6.07) is 17.0. The molecule has 3 heteroatoms. The normalized spacial score (nSPS) is 22.2. The summed E-state index contributed by atoms with van der Waals surface area (Å²) in [7, 11) is 0. The minimum absolute atomic E-state index is 0.0223. The van der Waals surface area contributed by atoms with E-state index in [4.69, 9.17) is 4.74 Å². The summed E-state index contributed by atoms with van der Waals surface area (Å²) in [6.45, 7) is 0. The Bertz CT molecular complexity index is 580. The molecule has 2 unspecified atom stereocenters. The van der Waals surface area contributed by atoms with Gasteiger partial charge in [-0.25, -0.2) is 0 Å². The molecule has 0 aliphatic carbocycles. The van der Waals surface area contributed by atoms with Crippen LogP contribution in [0.15, 0.2) is 54.6 Å². The van der Waals surface area contributed by atoms with Crippen LogP contribution in [-0.4, -0.2) is 11.0 Å². The zero-order valence-electron chi connectivity index (χ0n) is 9.61. The van der Waals surface area contributed by atoms with Gasteiger partial charge in [-0.3, -0.25) is 4.79 Å². The fourth-order valence-corrected chi connectivity index (χ4v) is 2.54. The van der Waals surface area contributed by atoms with Crippen molar-refractivity contribution in [2.24, 2.45) is 0 Å². The van der Waals surface area contributed by atoms with Crippen molar-refractivity contribution in [2.45, 2.75) is 11.4 Å². The molecule has 2 aromatic rings. The van der Waals surface area contributed by atoms with Gasteiger partial charge in [0, 0.05) is 0 Å². The van der Waals surface area contributed by atoms with Crippen molar-refractivity contribution in [2.75, 3.05) is 0 Å². The van der Waals surface area contributed by atoms with Crippen LogP contribution in [0, 0.1) is 0 Å². The molecule has 0 fully saturated rings. The van der Waals surface area contributed by atoms with Gasteiger partial charge >= 0.3 is 0 Å². The number of carbonyl (C=O) groups is 1. The van der Waals surface area contributed by atoms with E-state index in [2.05, 4.69) is 12.6 Å². The minimum atomic E-state index is -0.456. The largest absolute Gasteiger partial charge is 0.483 e. The molecule has 90 valence electrons. The number of rotatable bonds is 1. The Morgan fingerprint density at radius 2 is 1.61 bits per heavy atom. The van der Waals surface area contributed by atoms with Crippen molar-refractivity contribution in [1.82, 2.24) is 0 Å². The molecule has 0 spiro atoms. The van der Waals surface area contributed by atoms with E-state index in [1.165, 1.54) is 0 Å². The van der Waals surface area contributed by atoms with Crippen molar-refractivity contribution < 1.29 is 9.53 Å². The van der Waals surface area contributed by atoms with Gasteiger partial charge in [0.05, 0.1) is 5.56 Å². The Hall–Kier alpha value is -1.74. The maximum atomic E-state index is 12.2. The first-order valence-electron chi connectivity index (χ1n) is 5.80. The third-order valence-corrected chi connectivity index (χ3v) is 3.60. The lowest BCUT2D eigenvalue weighted by Gasteiger charge is -2.30. The summed E-state index contributed by atoms with van der Waals surface area (Å²) in [5, 5.41) is -0.456. The first-order chi connectivity index (χ1) is 8.77. The van der Waals surface area contributed by atoms with E-state index in [1.807, 2.05) is 48.5 Å². The van der Waals surface area contributed by atoms with Gasteiger partial charge in [0.25, 0.3) is 0 Å². The zero-order chi connectivity index (χ0) is 12.5. The molecule has 0 bridgehead atoms. The number of Topliss-reactive ketones (excluding diaryl/α,β-unsaturated/α-hetero) is 1. The SMILES string of the molecule is O=C1c2ccccc2OC(c2ccccc2)C1S. The highest BCUT2D eigenvalue weighted by Gasteiger charge is 2.35. The monoisotopic (exact) mass is 256 g/mol. The van der Waals surface area contributed by atoms with Crippen LogP contribution in [0.4, 0.5) is 0 Å². The van der Waals surface area contributed by atoms with Crippen molar-refractivity contribution in [3.63, 3.8) is 0 Å². The molecule has 1 aliphatic rings. The van der Waals surface area contributed by atoms with Gasteiger partial charge in [0.15, 0.2) is 5.78 Å². The molecular formula is C15H12O2S. The van der Waals surface area contributed by atoms with Crippen LogP contribution in [0.5, 0.6) is 5.75 Å². The summed E-state index contributed by atoms with van der Waals surface area (Å²) < 4.78 is 5.90. The summed E-state index contributed by atoms with van der Waals surface area (Å²) in [6.07, 6.45) is -0.322. The molecule has 2 aromatic carbocycles. The molecule has 18 heavy (non-hydrogen) atoms. The Morgan fingerprint density at radius 3 is 2.39 bits per heavy atom. The molecule has 0 radical (unpaired) electrons. The number of hydrogen-bond acceptors (Lipinski definition) is 3. The second-order valence-corrected chi connectivity index (χ2v) is 4.81. The third kappa shape index (κ3) is 1.81. The number of ether oxygens (including phenoxy) is 1. The Kier molecular flexibility index (Phi) is 2.84.